The van der Waals surface area contributed by atoms with Crippen molar-refractivity contribution in [1.29, 1.82) is 0 Å². The van der Waals surface area contributed by atoms with Crippen LogP contribution < -0.4 is 5.32 Å². The van der Waals surface area contributed by atoms with Gasteiger partial charge in [0.25, 0.3) is 5.92 Å². The van der Waals surface area contributed by atoms with Gasteiger partial charge in [0, 0.05) is 13.0 Å². The van der Waals surface area contributed by atoms with Crippen LogP contribution in [-0.2, 0) is 4.74 Å². The van der Waals surface area contributed by atoms with Gasteiger partial charge in [0.1, 0.15) is 0 Å². The van der Waals surface area contributed by atoms with Crippen molar-refractivity contribution in [3.63, 3.8) is 0 Å². The molecule has 0 aromatic rings. The molecule has 0 spiro atoms. The van der Waals surface area contributed by atoms with E-state index in [0.717, 1.165) is 25.9 Å². The summed E-state index contributed by atoms with van der Waals surface area (Å²) in [6, 6.07) is 0. The Balaban J connectivity index is 0.00000112. The molecule has 1 aliphatic carbocycles. The zero-order valence-corrected chi connectivity index (χ0v) is 9.66. The number of alkyl halides is 2. The highest BCUT2D eigenvalue weighted by atomic mass is 35.5. The highest BCUT2D eigenvalue weighted by Crippen LogP contribution is 2.59. The van der Waals surface area contributed by atoms with Crippen LogP contribution in [0.1, 0.15) is 12.8 Å². The molecule has 0 amide bonds. The summed E-state index contributed by atoms with van der Waals surface area (Å²) in [4.78, 5) is 0. The second-order valence-corrected chi connectivity index (χ2v) is 4.37. The zero-order valence-electron chi connectivity index (χ0n) is 8.84. The Labute approximate surface area is 95.2 Å². The van der Waals surface area contributed by atoms with Crippen LogP contribution in [0.2, 0.25) is 0 Å². The van der Waals surface area contributed by atoms with E-state index in [1.807, 2.05) is 0 Å². The summed E-state index contributed by atoms with van der Waals surface area (Å²) in [5.74, 6) is -3.29. The molecule has 0 radical (unpaired) electrons. The Morgan fingerprint density at radius 3 is 2.73 bits per heavy atom. The third kappa shape index (κ3) is 2.43. The van der Waals surface area contributed by atoms with Gasteiger partial charge in [-0.25, -0.2) is 8.78 Å². The maximum absolute atomic E-state index is 13.3. The van der Waals surface area contributed by atoms with Crippen molar-refractivity contribution < 1.29 is 13.5 Å². The van der Waals surface area contributed by atoms with Crippen molar-refractivity contribution in [1.82, 2.24) is 5.32 Å². The van der Waals surface area contributed by atoms with E-state index in [1.165, 1.54) is 7.11 Å². The molecule has 15 heavy (non-hydrogen) atoms. The van der Waals surface area contributed by atoms with E-state index in [9.17, 15) is 8.78 Å². The predicted molar refractivity (Wildman–Crippen MR) is 56.6 cm³/mol. The summed E-state index contributed by atoms with van der Waals surface area (Å²) >= 11 is 0. The van der Waals surface area contributed by atoms with E-state index < -0.39 is 17.8 Å². The number of ether oxygens (including phenoxy) is 1. The average Bonchev–Trinajstić information content (AvgIpc) is 2.71. The lowest BCUT2D eigenvalue weighted by Crippen LogP contribution is -2.32. The quantitative estimate of drug-likeness (QED) is 0.816. The molecule has 2 aliphatic rings. The minimum Gasteiger partial charge on any atom is -0.384 e. The van der Waals surface area contributed by atoms with Crippen molar-refractivity contribution in [2.45, 2.75) is 18.8 Å². The lowest BCUT2D eigenvalue weighted by Gasteiger charge is -2.22. The largest absolute Gasteiger partial charge is 0.384 e. The first-order chi connectivity index (χ1) is 6.68. The second-order valence-electron chi connectivity index (χ2n) is 4.37. The fraction of sp³-hybridized carbons (Fsp3) is 1.00. The first-order valence-electron chi connectivity index (χ1n) is 5.25. The van der Waals surface area contributed by atoms with E-state index in [1.54, 1.807) is 0 Å². The molecular weight excluding hydrogens is 224 g/mol. The van der Waals surface area contributed by atoms with Crippen LogP contribution in [-0.4, -0.2) is 32.7 Å². The Kier molecular flexibility index (Phi) is 4.32. The molecular formula is C10H18ClF2NO. The molecule has 0 aromatic heterocycles. The minimum atomic E-state index is -2.47. The Morgan fingerprint density at radius 1 is 1.47 bits per heavy atom. The second kappa shape index (κ2) is 4.93. The highest BCUT2D eigenvalue weighted by Gasteiger charge is 2.70. The number of rotatable bonds is 3. The van der Waals surface area contributed by atoms with Gasteiger partial charge in [0.05, 0.1) is 12.5 Å². The number of hydrogen-bond donors (Lipinski definition) is 1. The van der Waals surface area contributed by atoms with Crippen LogP contribution in [0.25, 0.3) is 0 Å². The Morgan fingerprint density at radius 2 is 2.20 bits per heavy atom. The fourth-order valence-corrected chi connectivity index (χ4v) is 2.64. The predicted octanol–water partition coefficient (Wildman–Crippen LogP) is 1.94. The molecule has 2 nitrogen and oxygen atoms in total. The Hall–Kier alpha value is 0.0700. The fourth-order valence-electron chi connectivity index (χ4n) is 2.64. The van der Waals surface area contributed by atoms with Crippen molar-refractivity contribution in [2.24, 2.45) is 17.8 Å². The summed E-state index contributed by atoms with van der Waals surface area (Å²) in [6.07, 6.45) is 1.96. The van der Waals surface area contributed by atoms with Gasteiger partial charge in [-0.15, -0.1) is 12.4 Å². The number of methoxy groups -OCH3 is 1. The third-order valence-corrected chi connectivity index (χ3v) is 3.45. The summed E-state index contributed by atoms with van der Waals surface area (Å²) in [5, 5.41) is 3.18. The zero-order chi connectivity index (χ0) is 10.2. The lowest BCUT2D eigenvalue weighted by molar-refractivity contribution is 0.0564. The van der Waals surface area contributed by atoms with Gasteiger partial charge in [-0.3, -0.25) is 0 Å². The first kappa shape index (κ1) is 13.1. The maximum atomic E-state index is 13.3. The van der Waals surface area contributed by atoms with Crippen LogP contribution in [0.3, 0.4) is 0 Å². The summed E-state index contributed by atoms with van der Waals surface area (Å²) in [6.45, 7) is 1.93. The summed E-state index contributed by atoms with van der Waals surface area (Å²) < 4.78 is 31.5. The molecule has 1 N–H and O–H groups in total. The molecule has 90 valence electrons. The molecule has 0 bridgehead atoms. The molecule has 1 saturated carbocycles. The minimum absolute atomic E-state index is 0. The van der Waals surface area contributed by atoms with Crippen LogP contribution in [0, 0.1) is 17.8 Å². The van der Waals surface area contributed by atoms with E-state index >= 15 is 0 Å². The molecule has 3 atom stereocenters. The standard InChI is InChI=1S/C10H17F2NO.ClH/c1-14-6-8-9(10(8,11)12)7-3-2-4-13-5-7;/h7-9,13H,2-6H2,1H3;1H. The summed E-state index contributed by atoms with van der Waals surface area (Å²) in [7, 11) is 1.49. The monoisotopic (exact) mass is 241 g/mol. The van der Waals surface area contributed by atoms with Crippen LogP contribution >= 0.6 is 12.4 Å². The van der Waals surface area contributed by atoms with Crippen LogP contribution in [0.15, 0.2) is 0 Å². The summed E-state index contributed by atoms with van der Waals surface area (Å²) in [5.41, 5.74) is 0. The molecule has 3 unspecified atom stereocenters. The molecule has 1 heterocycles. The van der Waals surface area contributed by atoms with E-state index in [4.69, 9.17) is 4.74 Å². The van der Waals surface area contributed by atoms with Crippen LogP contribution in [0.4, 0.5) is 8.78 Å². The van der Waals surface area contributed by atoms with Crippen molar-refractivity contribution in [3.8, 4) is 0 Å². The van der Waals surface area contributed by atoms with Crippen molar-refractivity contribution in [3.05, 3.63) is 0 Å². The highest BCUT2D eigenvalue weighted by molar-refractivity contribution is 5.85. The molecule has 1 aliphatic heterocycles. The van der Waals surface area contributed by atoms with Crippen molar-refractivity contribution in [2.75, 3.05) is 26.8 Å². The van der Waals surface area contributed by atoms with Gasteiger partial charge in [-0.1, -0.05) is 0 Å². The van der Waals surface area contributed by atoms with Gasteiger partial charge in [-0.05, 0) is 31.8 Å². The van der Waals surface area contributed by atoms with Gasteiger partial charge in [0.2, 0.25) is 0 Å². The topological polar surface area (TPSA) is 21.3 Å². The average molecular weight is 242 g/mol. The third-order valence-electron chi connectivity index (χ3n) is 3.45. The molecule has 2 rings (SSSR count). The SMILES string of the molecule is COCC1C(C2CCCNC2)C1(F)F.Cl. The van der Waals surface area contributed by atoms with Gasteiger partial charge < -0.3 is 10.1 Å². The molecule has 1 saturated heterocycles. The Bertz CT molecular complexity index is 210. The maximum Gasteiger partial charge on any atom is 0.257 e. The van der Waals surface area contributed by atoms with Gasteiger partial charge in [-0.2, -0.15) is 0 Å². The van der Waals surface area contributed by atoms with Crippen molar-refractivity contribution >= 4 is 12.4 Å². The number of nitrogens with one attached hydrogen (secondary N) is 1. The number of hydrogen-bond acceptors (Lipinski definition) is 2. The van der Waals surface area contributed by atoms with E-state index in [-0.39, 0.29) is 24.9 Å². The normalized spacial score (nSPS) is 38.2. The van der Waals surface area contributed by atoms with E-state index in [2.05, 4.69) is 5.32 Å². The first-order valence-corrected chi connectivity index (χ1v) is 5.25. The van der Waals surface area contributed by atoms with Crippen LogP contribution in [0.5, 0.6) is 0 Å². The van der Waals surface area contributed by atoms with Gasteiger partial charge in [0.15, 0.2) is 0 Å². The molecule has 2 fully saturated rings. The smallest absolute Gasteiger partial charge is 0.257 e. The number of halogens is 3. The molecule has 0 aromatic carbocycles. The van der Waals surface area contributed by atoms with E-state index in [0.29, 0.717) is 0 Å². The molecule has 5 heteroatoms. The van der Waals surface area contributed by atoms with Gasteiger partial charge >= 0.3 is 0 Å². The lowest BCUT2D eigenvalue weighted by atomic mass is 9.93. The number of piperidine rings is 1.